The van der Waals surface area contributed by atoms with Crippen molar-refractivity contribution in [3.8, 4) is 0 Å². The molecule has 0 spiro atoms. The van der Waals surface area contributed by atoms with Crippen LogP contribution in [0.1, 0.15) is 27.8 Å². The Morgan fingerprint density at radius 2 is 1.68 bits per heavy atom. The van der Waals surface area contributed by atoms with E-state index in [1.165, 1.54) is 0 Å². The summed E-state index contributed by atoms with van der Waals surface area (Å²) < 4.78 is 5.11. The van der Waals surface area contributed by atoms with Crippen LogP contribution >= 0.6 is 0 Å². The number of aryl methyl sites for hydroxylation is 3. The molecule has 2 rings (SSSR count). The van der Waals surface area contributed by atoms with Crippen LogP contribution in [-0.2, 0) is 22.6 Å². The van der Waals surface area contributed by atoms with E-state index in [4.69, 9.17) is 4.74 Å². The van der Waals surface area contributed by atoms with Gasteiger partial charge in [0.15, 0.2) is 0 Å². The minimum Gasteiger partial charge on any atom is -0.480 e. The topological polar surface area (TPSA) is 75.6 Å². The van der Waals surface area contributed by atoms with Gasteiger partial charge >= 0.3 is 12.1 Å². The average molecular weight is 341 g/mol. The Kier molecular flexibility index (Phi) is 6.17. The van der Waals surface area contributed by atoms with Crippen molar-refractivity contribution in [2.75, 3.05) is 0 Å². The van der Waals surface area contributed by atoms with Crippen LogP contribution < -0.4 is 5.32 Å². The van der Waals surface area contributed by atoms with Gasteiger partial charge < -0.3 is 15.2 Å². The molecule has 0 saturated carbocycles. The molecule has 5 heteroatoms. The molecule has 0 aromatic heterocycles. The third-order valence-corrected chi connectivity index (χ3v) is 4.18. The first-order valence-electron chi connectivity index (χ1n) is 8.13. The summed E-state index contributed by atoms with van der Waals surface area (Å²) in [7, 11) is 0. The smallest absolute Gasteiger partial charge is 0.408 e. The molecule has 5 nitrogen and oxygen atoms in total. The fourth-order valence-corrected chi connectivity index (χ4v) is 2.57. The minimum atomic E-state index is -1.09. The number of hydrogen-bond acceptors (Lipinski definition) is 3. The molecule has 1 unspecified atom stereocenters. The molecule has 2 N–H and O–H groups in total. The Labute approximate surface area is 147 Å². The highest BCUT2D eigenvalue weighted by Gasteiger charge is 2.22. The number of carboxylic acids is 1. The van der Waals surface area contributed by atoms with Gasteiger partial charge in [-0.2, -0.15) is 0 Å². The molecule has 0 fully saturated rings. The molecule has 1 amide bonds. The summed E-state index contributed by atoms with van der Waals surface area (Å²) in [5.74, 6) is -1.09. The highest BCUT2D eigenvalue weighted by atomic mass is 16.5. The maximum Gasteiger partial charge on any atom is 0.408 e. The van der Waals surface area contributed by atoms with Gasteiger partial charge in [-0.15, -0.1) is 0 Å². The van der Waals surface area contributed by atoms with Crippen molar-refractivity contribution in [2.45, 2.75) is 39.8 Å². The summed E-state index contributed by atoms with van der Waals surface area (Å²) in [4.78, 5) is 23.4. The zero-order valence-electron chi connectivity index (χ0n) is 14.7. The van der Waals surface area contributed by atoms with Crippen molar-refractivity contribution >= 4 is 12.1 Å². The van der Waals surface area contributed by atoms with Gasteiger partial charge in [0.25, 0.3) is 0 Å². The van der Waals surface area contributed by atoms with Gasteiger partial charge in [0, 0.05) is 6.42 Å². The predicted octanol–water partition coefficient (Wildman–Crippen LogP) is 3.53. The number of hydrogen-bond donors (Lipinski definition) is 2. The summed E-state index contributed by atoms with van der Waals surface area (Å²) >= 11 is 0. The number of carboxylic acid groups (broad SMARTS) is 1. The number of ether oxygens (including phenoxy) is 1. The van der Waals surface area contributed by atoms with E-state index >= 15 is 0 Å². The normalized spacial score (nSPS) is 11.6. The highest BCUT2D eigenvalue weighted by molar-refractivity contribution is 5.80. The third-order valence-electron chi connectivity index (χ3n) is 4.18. The van der Waals surface area contributed by atoms with E-state index in [0.29, 0.717) is 0 Å². The van der Waals surface area contributed by atoms with Crippen LogP contribution in [0.2, 0.25) is 0 Å². The fraction of sp³-hybridized carbons (Fsp3) is 0.300. The molecular formula is C20H23NO4. The van der Waals surface area contributed by atoms with Gasteiger partial charge in [-0.05, 0) is 48.6 Å². The number of benzene rings is 2. The first-order valence-corrected chi connectivity index (χ1v) is 8.13. The molecule has 1 atom stereocenters. The lowest BCUT2D eigenvalue weighted by Gasteiger charge is -2.17. The van der Waals surface area contributed by atoms with Crippen LogP contribution in [-0.4, -0.2) is 23.2 Å². The minimum absolute atomic E-state index is 0.0989. The van der Waals surface area contributed by atoms with E-state index in [2.05, 4.69) is 5.32 Å². The Morgan fingerprint density at radius 3 is 2.32 bits per heavy atom. The first kappa shape index (κ1) is 18.5. The fourth-order valence-electron chi connectivity index (χ4n) is 2.57. The lowest BCUT2D eigenvalue weighted by Crippen LogP contribution is -2.42. The molecule has 132 valence electrons. The molecule has 0 aliphatic heterocycles. The Morgan fingerprint density at radius 1 is 1.04 bits per heavy atom. The van der Waals surface area contributed by atoms with Crippen molar-refractivity contribution in [3.05, 3.63) is 70.3 Å². The van der Waals surface area contributed by atoms with Crippen molar-refractivity contribution in [1.29, 1.82) is 0 Å². The number of alkyl carbamates (subject to hydrolysis) is 1. The molecule has 0 heterocycles. The van der Waals surface area contributed by atoms with E-state index in [-0.39, 0.29) is 13.0 Å². The largest absolute Gasteiger partial charge is 0.480 e. The summed E-state index contributed by atoms with van der Waals surface area (Å²) in [6, 6.07) is 12.2. The number of carbonyl (C=O) groups is 2. The van der Waals surface area contributed by atoms with Crippen molar-refractivity contribution in [2.24, 2.45) is 0 Å². The number of aliphatic carboxylic acids is 1. The summed E-state index contributed by atoms with van der Waals surface area (Å²) in [6.45, 7) is 6.03. The zero-order valence-corrected chi connectivity index (χ0v) is 14.7. The zero-order chi connectivity index (χ0) is 18.4. The van der Waals surface area contributed by atoms with Crippen LogP contribution in [0.3, 0.4) is 0 Å². The van der Waals surface area contributed by atoms with Gasteiger partial charge in [-0.3, -0.25) is 0 Å². The maximum absolute atomic E-state index is 11.9. The second kappa shape index (κ2) is 8.33. The number of amides is 1. The predicted molar refractivity (Wildman–Crippen MR) is 95.5 cm³/mol. The van der Waals surface area contributed by atoms with Crippen LogP contribution in [0.5, 0.6) is 0 Å². The van der Waals surface area contributed by atoms with E-state index in [0.717, 1.165) is 27.8 Å². The maximum atomic E-state index is 11.9. The average Bonchev–Trinajstić information content (AvgIpc) is 2.58. The standard InChI is InChI=1S/C20H23NO4/c1-13-9-15(3)17(10-14(13)2)11-18(19(22)23)21-20(24)25-12-16-7-5-4-6-8-16/h4-10,18H,11-12H2,1-3H3,(H,21,24)(H,22,23). The summed E-state index contributed by atoms with van der Waals surface area (Å²) in [5, 5.41) is 11.8. The Balaban J connectivity index is 2.00. The van der Waals surface area contributed by atoms with Gasteiger partial charge in [-0.25, -0.2) is 9.59 Å². The van der Waals surface area contributed by atoms with Crippen LogP contribution in [0.4, 0.5) is 4.79 Å². The lowest BCUT2D eigenvalue weighted by molar-refractivity contribution is -0.139. The number of carbonyl (C=O) groups excluding carboxylic acids is 1. The first-order chi connectivity index (χ1) is 11.9. The van der Waals surface area contributed by atoms with Gasteiger partial charge in [0.2, 0.25) is 0 Å². The van der Waals surface area contributed by atoms with Crippen LogP contribution in [0, 0.1) is 20.8 Å². The SMILES string of the molecule is Cc1cc(C)c(CC(NC(=O)OCc2ccccc2)C(=O)O)cc1C. The molecule has 0 aliphatic carbocycles. The highest BCUT2D eigenvalue weighted by Crippen LogP contribution is 2.17. The molecule has 0 bridgehead atoms. The molecule has 2 aromatic carbocycles. The molecular weight excluding hydrogens is 318 g/mol. The molecule has 0 saturated heterocycles. The van der Waals surface area contributed by atoms with Crippen LogP contribution in [0.25, 0.3) is 0 Å². The van der Waals surface area contributed by atoms with Crippen molar-refractivity contribution in [1.82, 2.24) is 5.32 Å². The Hall–Kier alpha value is -2.82. The Bertz CT molecular complexity index is 756. The summed E-state index contributed by atoms with van der Waals surface area (Å²) in [6.07, 6.45) is -0.527. The molecule has 2 aromatic rings. The van der Waals surface area contributed by atoms with Gasteiger partial charge in [0.1, 0.15) is 12.6 Å². The molecule has 25 heavy (non-hydrogen) atoms. The lowest BCUT2D eigenvalue weighted by atomic mass is 9.96. The number of nitrogens with one attached hydrogen (secondary N) is 1. The molecule has 0 aliphatic rings. The second-order valence-corrected chi connectivity index (χ2v) is 6.16. The number of rotatable bonds is 6. The van der Waals surface area contributed by atoms with Crippen molar-refractivity contribution < 1.29 is 19.4 Å². The molecule has 0 radical (unpaired) electrons. The monoisotopic (exact) mass is 341 g/mol. The quantitative estimate of drug-likeness (QED) is 0.843. The van der Waals surface area contributed by atoms with E-state index in [1.807, 2.05) is 63.2 Å². The summed E-state index contributed by atoms with van der Waals surface area (Å²) in [5.41, 5.74) is 5.00. The van der Waals surface area contributed by atoms with Gasteiger partial charge in [0.05, 0.1) is 0 Å². The van der Waals surface area contributed by atoms with Gasteiger partial charge in [-0.1, -0.05) is 42.5 Å². The third kappa shape index (κ3) is 5.35. The van der Waals surface area contributed by atoms with E-state index in [9.17, 15) is 14.7 Å². The van der Waals surface area contributed by atoms with E-state index in [1.54, 1.807) is 0 Å². The van der Waals surface area contributed by atoms with Crippen molar-refractivity contribution in [3.63, 3.8) is 0 Å². The second-order valence-electron chi connectivity index (χ2n) is 6.16. The van der Waals surface area contributed by atoms with Crippen LogP contribution in [0.15, 0.2) is 42.5 Å². The van der Waals surface area contributed by atoms with E-state index < -0.39 is 18.1 Å².